The molecule has 0 aromatic heterocycles. The first-order chi connectivity index (χ1) is 9.51. The normalized spacial score (nSPS) is 23.8. The zero-order valence-electron chi connectivity index (χ0n) is 12.0. The molecule has 0 spiro atoms. The van der Waals surface area contributed by atoms with E-state index in [1.54, 1.807) is 13.2 Å². The highest BCUT2D eigenvalue weighted by atomic mass is 35.5. The van der Waals surface area contributed by atoms with E-state index in [1.807, 2.05) is 12.1 Å². The number of nitrogens with zero attached hydrogens (tertiary/aromatic N) is 1. The monoisotopic (exact) mass is 295 g/mol. The van der Waals surface area contributed by atoms with Gasteiger partial charge in [0.05, 0.1) is 6.10 Å². The Morgan fingerprint density at radius 1 is 1.55 bits per heavy atom. The second kappa shape index (κ2) is 6.57. The van der Waals surface area contributed by atoms with Crippen molar-refractivity contribution in [2.45, 2.75) is 26.0 Å². The zero-order chi connectivity index (χ0) is 14.7. The molecule has 0 amide bonds. The third-order valence-electron chi connectivity index (χ3n) is 4.03. The summed E-state index contributed by atoms with van der Waals surface area (Å²) in [5.41, 5.74) is 7.20. The number of nitrogen functional groups attached to an aromatic ring is 1. The molecule has 0 bridgehead atoms. The number of likely N-dealkylation sites (tertiary alicyclic amines) is 1. The Hall–Kier alpha value is -1.10. The quantitative estimate of drug-likeness (QED) is 0.662. The van der Waals surface area contributed by atoms with Crippen molar-refractivity contribution in [3.05, 3.63) is 34.3 Å². The molecular formula is C15H22ClN3O. The van der Waals surface area contributed by atoms with E-state index in [9.17, 15) is 0 Å². The lowest BCUT2D eigenvalue weighted by molar-refractivity contribution is -0.00744. The summed E-state index contributed by atoms with van der Waals surface area (Å²) in [7, 11) is 1.78. The maximum Gasteiger partial charge on any atom is 0.122 e. The van der Waals surface area contributed by atoms with Gasteiger partial charge in [-0.1, -0.05) is 30.7 Å². The summed E-state index contributed by atoms with van der Waals surface area (Å²) in [4.78, 5) is 2.36. The van der Waals surface area contributed by atoms with Crippen LogP contribution in [0.3, 0.4) is 0 Å². The summed E-state index contributed by atoms with van der Waals surface area (Å²) in [6, 6.07) is 5.57. The van der Waals surface area contributed by atoms with Crippen LogP contribution >= 0.6 is 11.6 Å². The van der Waals surface area contributed by atoms with Gasteiger partial charge in [0.15, 0.2) is 0 Å². The summed E-state index contributed by atoms with van der Waals surface area (Å²) in [6.07, 6.45) is 1.43. The summed E-state index contributed by atoms with van der Waals surface area (Å²) >= 11 is 6.28. The lowest BCUT2D eigenvalue weighted by Crippen LogP contribution is -2.43. The van der Waals surface area contributed by atoms with Gasteiger partial charge < -0.3 is 10.5 Å². The van der Waals surface area contributed by atoms with E-state index in [2.05, 4.69) is 11.8 Å². The van der Waals surface area contributed by atoms with Crippen molar-refractivity contribution >= 4 is 17.4 Å². The number of piperidine rings is 1. The molecule has 1 aromatic rings. The molecule has 3 N–H and O–H groups in total. The smallest absolute Gasteiger partial charge is 0.122 e. The Balaban J connectivity index is 2.05. The molecule has 20 heavy (non-hydrogen) atoms. The van der Waals surface area contributed by atoms with Crippen molar-refractivity contribution in [2.75, 3.05) is 20.2 Å². The van der Waals surface area contributed by atoms with Gasteiger partial charge in [-0.15, -0.1) is 0 Å². The van der Waals surface area contributed by atoms with E-state index in [0.717, 1.165) is 31.6 Å². The third-order valence-corrected chi connectivity index (χ3v) is 4.39. The summed E-state index contributed by atoms with van der Waals surface area (Å²) in [5, 5.41) is 8.09. The number of hydrogen-bond donors (Lipinski definition) is 2. The molecule has 0 saturated carbocycles. The maximum atomic E-state index is 7.42. The fraction of sp³-hybridized carbons (Fsp3) is 0.533. The van der Waals surface area contributed by atoms with Gasteiger partial charge >= 0.3 is 0 Å². The minimum Gasteiger partial charge on any atom is -0.384 e. The predicted octanol–water partition coefficient (Wildman–Crippen LogP) is 2.48. The first kappa shape index (κ1) is 15.3. The Morgan fingerprint density at radius 2 is 2.30 bits per heavy atom. The molecule has 2 atom stereocenters. The van der Waals surface area contributed by atoms with Gasteiger partial charge in [-0.3, -0.25) is 10.3 Å². The summed E-state index contributed by atoms with van der Waals surface area (Å²) in [6.45, 7) is 5.04. The first-order valence-corrected chi connectivity index (χ1v) is 7.27. The van der Waals surface area contributed by atoms with Gasteiger partial charge in [-0.05, 0) is 30.5 Å². The summed E-state index contributed by atoms with van der Waals surface area (Å²) < 4.78 is 5.53. The largest absolute Gasteiger partial charge is 0.384 e. The average Bonchev–Trinajstić information content (AvgIpc) is 2.42. The first-order valence-electron chi connectivity index (χ1n) is 6.89. The van der Waals surface area contributed by atoms with Gasteiger partial charge in [-0.25, -0.2) is 0 Å². The van der Waals surface area contributed by atoms with Crippen LogP contribution in [-0.2, 0) is 11.3 Å². The Labute approximate surface area is 125 Å². The molecule has 1 fully saturated rings. The van der Waals surface area contributed by atoms with Crippen LogP contribution in [0.4, 0.5) is 0 Å². The van der Waals surface area contributed by atoms with Gasteiger partial charge in [0.1, 0.15) is 5.84 Å². The van der Waals surface area contributed by atoms with Crippen LogP contribution in [-0.4, -0.2) is 37.0 Å². The molecule has 110 valence electrons. The molecule has 1 aliphatic rings. The van der Waals surface area contributed by atoms with Crippen molar-refractivity contribution in [1.29, 1.82) is 5.41 Å². The maximum absolute atomic E-state index is 7.42. The van der Waals surface area contributed by atoms with Crippen molar-refractivity contribution in [3.63, 3.8) is 0 Å². The highest BCUT2D eigenvalue weighted by molar-refractivity contribution is 6.31. The molecule has 1 aromatic carbocycles. The van der Waals surface area contributed by atoms with Crippen LogP contribution in [0.2, 0.25) is 5.02 Å². The second-order valence-electron chi connectivity index (χ2n) is 5.50. The number of hydrogen-bond acceptors (Lipinski definition) is 3. The van der Waals surface area contributed by atoms with E-state index < -0.39 is 0 Å². The fourth-order valence-corrected chi connectivity index (χ4v) is 2.87. The van der Waals surface area contributed by atoms with E-state index in [4.69, 9.17) is 27.5 Å². The highest BCUT2D eigenvalue weighted by Gasteiger charge is 2.26. The van der Waals surface area contributed by atoms with Crippen molar-refractivity contribution in [3.8, 4) is 0 Å². The SMILES string of the molecule is COC1CN(Cc2ccc(C(=N)N)cc2Cl)CCC1C. The highest BCUT2D eigenvalue weighted by Crippen LogP contribution is 2.24. The Bertz CT molecular complexity index is 492. The van der Waals surface area contributed by atoms with Crippen molar-refractivity contribution < 1.29 is 4.74 Å². The molecule has 4 nitrogen and oxygen atoms in total. The van der Waals surface area contributed by atoms with E-state index in [-0.39, 0.29) is 5.84 Å². The minimum absolute atomic E-state index is 0.0460. The number of nitrogens with two attached hydrogens (primary N) is 1. The molecule has 0 radical (unpaired) electrons. The van der Waals surface area contributed by atoms with Gasteiger partial charge in [-0.2, -0.15) is 0 Å². The lowest BCUT2D eigenvalue weighted by Gasteiger charge is -2.36. The Morgan fingerprint density at radius 3 is 2.90 bits per heavy atom. The van der Waals surface area contributed by atoms with Crippen LogP contribution in [0, 0.1) is 11.3 Å². The van der Waals surface area contributed by atoms with Crippen LogP contribution in [0.15, 0.2) is 18.2 Å². The van der Waals surface area contributed by atoms with Crippen LogP contribution in [0.1, 0.15) is 24.5 Å². The third kappa shape index (κ3) is 3.51. The standard InChI is InChI=1S/C15H22ClN3O/c1-10-5-6-19(9-14(10)20-2)8-12-4-3-11(15(17)18)7-13(12)16/h3-4,7,10,14H,5-6,8-9H2,1-2H3,(H3,17,18). The van der Waals surface area contributed by atoms with E-state index >= 15 is 0 Å². The van der Waals surface area contributed by atoms with Crippen LogP contribution in [0.5, 0.6) is 0 Å². The number of benzene rings is 1. The summed E-state index contributed by atoms with van der Waals surface area (Å²) in [5.74, 6) is 0.650. The number of rotatable bonds is 4. The number of methoxy groups -OCH3 is 1. The topological polar surface area (TPSA) is 62.3 Å². The fourth-order valence-electron chi connectivity index (χ4n) is 2.63. The molecule has 1 aliphatic heterocycles. The molecule has 1 heterocycles. The number of ether oxygens (including phenoxy) is 1. The van der Waals surface area contributed by atoms with Crippen molar-refractivity contribution in [1.82, 2.24) is 4.90 Å². The van der Waals surface area contributed by atoms with E-state index in [0.29, 0.717) is 22.6 Å². The molecular weight excluding hydrogens is 274 g/mol. The zero-order valence-corrected chi connectivity index (χ0v) is 12.8. The van der Waals surface area contributed by atoms with Crippen LogP contribution in [0.25, 0.3) is 0 Å². The van der Waals surface area contributed by atoms with Crippen molar-refractivity contribution in [2.24, 2.45) is 11.7 Å². The van der Waals surface area contributed by atoms with Gasteiger partial charge in [0, 0.05) is 30.8 Å². The minimum atomic E-state index is 0.0460. The number of amidine groups is 1. The molecule has 2 rings (SSSR count). The molecule has 2 unspecified atom stereocenters. The van der Waals surface area contributed by atoms with Gasteiger partial charge in [0.25, 0.3) is 0 Å². The lowest BCUT2D eigenvalue weighted by atomic mass is 9.95. The molecule has 5 heteroatoms. The number of halogens is 1. The Kier molecular flexibility index (Phi) is 5.02. The predicted molar refractivity (Wildman–Crippen MR) is 82.3 cm³/mol. The second-order valence-corrected chi connectivity index (χ2v) is 5.90. The van der Waals surface area contributed by atoms with Gasteiger partial charge in [0.2, 0.25) is 0 Å². The van der Waals surface area contributed by atoms with E-state index in [1.165, 1.54) is 0 Å². The molecule has 1 saturated heterocycles. The number of nitrogens with one attached hydrogen (secondary N) is 1. The average molecular weight is 296 g/mol. The molecule has 0 aliphatic carbocycles. The van der Waals surface area contributed by atoms with Crippen LogP contribution < -0.4 is 5.73 Å².